The molecule has 8 nitrogen and oxygen atoms in total. The van der Waals surface area contributed by atoms with Crippen LogP contribution in [0.15, 0.2) is 0 Å². The first-order chi connectivity index (χ1) is 17.9. The Morgan fingerprint density at radius 1 is 0.800 bits per heavy atom. The van der Waals surface area contributed by atoms with Gasteiger partial charge in [0.1, 0.15) is 5.78 Å². The van der Waals surface area contributed by atoms with Gasteiger partial charge in [-0.25, -0.2) is 18.4 Å². The molecule has 0 aromatic rings. The predicted molar refractivity (Wildman–Crippen MR) is 150 cm³/mol. The smallest absolute Gasteiger partial charge is 0.344 e. The summed E-state index contributed by atoms with van der Waals surface area (Å²) in [6.45, 7) is 20.9. The first-order valence-electron chi connectivity index (χ1n) is 14.0. The number of aliphatic hydroxyl groups excluding tert-OH is 1. The van der Waals surface area contributed by atoms with Gasteiger partial charge >= 0.3 is 11.9 Å². The highest BCUT2D eigenvalue weighted by molar-refractivity contribution is 6.74. The predicted octanol–water partition coefficient (Wildman–Crippen LogP) is 4.75. The first kappa shape index (κ1) is 33.3. The van der Waals surface area contributed by atoms with Crippen molar-refractivity contribution in [2.75, 3.05) is 14.2 Å². The average molecular weight is 607 g/mol. The SMILES string of the molecule is COC(=O)[C@]1(F)[C@@H]2[C@H]1C(=O)C[C@H]2O[Si](C)(C)C(C)(C)C.COC(=O)[C@]1(F)[C@@H]2[C@H]1[C@@H](O)C[C@H]2O[Si](C)(C)C(C)(C)C. The van der Waals surface area contributed by atoms with Gasteiger partial charge in [-0.05, 0) is 42.7 Å². The van der Waals surface area contributed by atoms with E-state index in [2.05, 4.69) is 77.2 Å². The van der Waals surface area contributed by atoms with Gasteiger partial charge in [-0.1, -0.05) is 41.5 Å². The first-order valence-corrected chi connectivity index (χ1v) is 19.9. The summed E-state index contributed by atoms with van der Waals surface area (Å²) in [4.78, 5) is 35.1. The number of rotatable bonds is 6. The van der Waals surface area contributed by atoms with Crippen LogP contribution in [-0.2, 0) is 32.7 Å². The molecule has 4 aliphatic carbocycles. The number of Topliss-reactive ketones (excluding diaryl/α,β-unsaturated/α-hetero) is 1. The molecule has 0 amide bonds. The third kappa shape index (κ3) is 5.24. The Kier molecular flexibility index (Phi) is 8.49. The van der Waals surface area contributed by atoms with Gasteiger partial charge in [-0.2, -0.15) is 0 Å². The third-order valence-electron chi connectivity index (χ3n) is 10.4. The Balaban J connectivity index is 0.000000220. The number of aliphatic hydroxyl groups is 1. The number of carbonyl (C=O) groups excluding carboxylic acids is 3. The minimum Gasteiger partial charge on any atom is -0.467 e. The maximum Gasteiger partial charge on any atom is 0.344 e. The van der Waals surface area contributed by atoms with Crippen LogP contribution in [0.4, 0.5) is 8.78 Å². The Morgan fingerprint density at radius 2 is 1.23 bits per heavy atom. The van der Waals surface area contributed by atoms with Crippen LogP contribution >= 0.6 is 0 Å². The van der Waals surface area contributed by atoms with Gasteiger partial charge in [-0.15, -0.1) is 0 Å². The lowest BCUT2D eigenvalue weighted by Crippen LogP contribution is -2.46. The van der Waals surface area contributed by atoms with Crippen LogP contribution in [0.25, 0.3) is 0 Å². The quantitative estimate of drug-likeness (QED) is 0.341. The van der Waals surface area contributed by atoms with Crippen molar-refractivity contribution in [1.29, 1.82) is 0 Å². The zero-order valence-electron chi connectivity index (χ0n) is 26.0. The molecule has 12 heteroatoms. The summed E-state index contributed by atoms with van der Waals surface area (Å²) in [6.07, 6.45) is -1.08. The van der Waals surface area contributed by atoms with Crippen molar-refractivity contribution in [2.24, 2.45) is 23.7 Å². The normalized spacial score (nSPS) is 38.6. The van der Waals surface area contributed by atoms with E-state index in [-0.39, 0.29) is 28.4 Å². The lowest BCUT2D eigenvalue weighted by atomic mass is 10.1. The average Bonchev–Trinajstić information content (AvgIpc) is 3.52. The minimum absolute atomic E-state index is 0.00909. The van der Waals surface area contributed by atoms with Crippen molar-refractivity contribution in [1.82, 2.24) is 0 Å². The van der Waals surface area contributed by atoms with Crippen LogP contribution in [0.3, 0.4) is 0 Å². The number of esters is 2. The second kappa shape index (κ2) is 10.2. The summed E-state index contributed by atoms with van der Waals surface area (Å²) in [5, 5.41) is 9.97. The lowest BCUT2D eigenvalue weighted by Gasteiger charge is -2.39. The molecule has 4 aliphatic rings. The molecule has 0 unspecified atom stereocenters. The van der Waals surface area contributed by atoms with Gasteiger partial charge in [0.15, 0.2) is 16.6 Å². The fourth-order valence-corrected chi connectivity index (χ4v) is 8.60. The molecule has 0 aromatic carbocycles. The number of ketones is 1. The van der Waals surface area contributed by atoms with E-state index in [4.69, 9.17) is 8.85 Å². The van der Waals surface area contributed by atoms with Gasteiger partial charge < -0.3 is 23.4 Å². The number of hydrogen-bond donors (Lipinski definition) is 1. The number of carbonyl (C=O) groups is 3. The third-order valence-corrected chi connectivity index (χ3v) is 19.4. The maximum atomic E-state index is 14.7. The molecule has 0 heterocycles. The van der Waals surface area contributed by atoms with E-state index in [0.29, 0.717) is 6.42 Å². The molecule has 0 aliphatic heterocycles. The molecule has 9 atom stereocenters. The van der Waals surface area contributed by atoms with Crippen LogP contribution < -0.4 is 0 Å². The Labute approximate surface area is 239 Å². The molecular weight excluding hydrogens is 558 g/mol. The Bertz CT molecular complexity index is 1040. The highest BCUT2D eigenvalue weighted by Crippen LogP contribution is 2.65. The molecular formula is C28H48F2O8Si2. The fraction of sp³-hybridized carbons (Fsp3) is 0.893. The van der Waals surface area contributed by atoms with Crippen molar-refractivity contribution in [2.45, 2.75) is 120 Å². The van der Waals surface area contributed by atoms with Crippen molar-refractivity contribution in [3.8, 4) is 0 Å². The van der Waals surface area contributed by atoms with Crippen molar-refractivity contribution in [3.05, 3.63) is 0 Å². The summed E-state index contributed by atoms with van der Waals surface area (Å²) in [5.41, 5.74) is -4.21. The van der Waals surface area contributed by atoms with E-state index < -0.39 is 75.8 Å². The number of fused-ring (bicyclic) bond motifs is 2. The fourth-order valence-electron chi connectivity index (χ4n) is 5.91. The maximum absolute atomic E-state index is 14.7. The van der Waals surface area contributed by atoms with Crippen molar-refractivity contribution < 1.29 is 46.6 Å². The minimum atomic E-state index is -2.16. The molecule has 4 saturated carbocycles. The molecule has 1 N–H and O–H groups in total. The summed E-state index contributed by atoms with van der Waals surface area (Å²) < 4.78 is 50.7. The van der Waals surface area contributed by atoms with Crippen LogP contribution in [0, 0.1) is 23.7 Å². The molecule has 0 bridgehead atoms. The molecule has 0 saturated heterocycles. The molecule has 0 radical (unpaired) electrons. The molecule has 4 rings (SSSR count). The molecule has 0 spiro atoms. The van der Waals surface area contributed by atoms with Crippen LogP contribution in [0.2, 0.25) is 36.3 Å². The molecule has 230 valence electrons. The van der Waals surface area contributed by atoms with Crippen molar-refractivity contribution in [3.63, 3.8) is 0 Å². The molecule has 40 heavy (non-hydrogen) atoms. The number of hydrogen-bond acceptors (Lipinski definition) is 8. The van der Waals surface area contributed by atoms with E-state index in [9.17, 15) is 28.3 Å². The topological polar surface area (TPSA) is 108 Å². The Morgan fingerprint density at radius 3 is 1.65 bits per heavy atom. The van der Waals surface area contributed by atoms with Crippen LogP contribution in [0.1, 0.15) is 54.4 Å². The standard InChI is InChI=1S/C14H25FO4Si.C14H23FO4Si/c2*1-13(2,3)20(5,6)19-9-7-8(16)10-11(9)14(10,15)12(17)18-4/h8-11,16H,7H2,1-6H3;9-11H,7H2,1-6H3/t8-,9+,10+,11-,14+;9-,10-,11+,14-/m01/s1. The van der Waals surface area contributed by atoms with E-state index >= 15 is 0 Å². The van der Waals surface area contributed by atoms with Gasteiger partial charge in [0.05, 0.1) is 38.4 Å². The van der Waals surface area contributed by atoms with E-state index in [1.165, 1.54) is 7.11 Å². The molecule has 4 fully saturated rings. The second-order valence-electron chi connectivity index (χ2n) is 14.9. The summed E-state index contributed by atoms with van der Waals surface area (Å²) >= 11 is 0. The van der Waals surface area contributed by atoms with E-state index in [0.717, 1.165) is 7.11 Å². The van der Waals surface area contributed by atoms with Crippen LogP contribution in [-0.4, -0.2) is 83.3 Å². The number of halogens is 2. The highest BCUT2D eigenvalue weighted by atomic mass is 28.4. The van der Waals surface area contributed by atoms with Gasteiger partial charge in [0, 0.05) is 24.2 Å². The monoisotopic (exact) mass is 606 g/mol. The number of methoxy groups -OCH3 is 2. The number of alkyl halides is 2. The van der Waals surface area contributed by atoms with E-state index in [1.54, 1.807) is 0 Å². The van der Waals surface area contributed by atoms with Crippen LogP contribution in [0.5, 0.6) is 0 Å². The molecule has 0 aromatic heterocycles. The largest absolute Gasteiger partial charge is 0.467 e. The van der Waals surface area contributed by atoms with Gasteiger partial charge in [0.25, 0.3) is 0 Å². The Hall–Kier alpha value is -1.22. The summed E-state index contributed by atoms with van der Waals surface area (Å²) in [5.74, 6) is -4.77. The van der Waals surface area contributed by atoms with Crippen molar-refractivity contribution >= 4 is 34.4 Å². The van der Waals surface area contributed by atoms with E-state index in [1.807, 2.05) is 0 Å². The zero-order valence-corrected chi connectivity index (χ0v) is 28.0. The highest BCUT2D eigenvalue weighted by Gasteiger charge is 2.82. The number of ether oxygens (including phenoxy) is 2. The van der Waals surface area contributed by atoms with Gasteiger partial charge in [-0.3, -0.25) is 4.79 Å². The lowest BCUT2D eigenvalue weighted by molar-refractivity contribution is -0.152. The summed E-state index contributed by atoms with van der Waals surface area (Å²) in [6, 6.07) is 0. The zero-order chi connectivity index (χ0) is 31.0. The summed E-state index contributed by atoms with van der Waals surface area (Å²) in [7, 11) is -1.83. The van der Waals surface area contributed by atoms with Gasteiger partial charge in [0.2, 0.25) is 11.3 Å². The second-order valence-corrected chi connectivity index (χ2v) is 24.4.